The smallest absolute Gasteiger partial charge is 0.416 e. The molecule has 2 aromatic rings. The van der Waals surface area contributed by atoms with E-state index in [1.165, 1.54) is 23.3 Å². The molecule has 1 spiro atoms. The molecule has 0 fully saturated rings. The number of nitrogens with zero attached hydrogens (tertiary/aromatic N) is 1. The Kier molecular flexibility index (Phi) is 5.59. The second-order valence-corrected chi connectivity index (χ2v) is 9.30. The van der Waals surface area contributed by atoms with Crippen molar-refractivity contribution in [2.45, 2.75) is 37.1 Å². The molecule has 8 heteroatoms. The molecule has 34 heavy (non-hydrogen) atoms. The molecule has 2 heterocycles. The highest BCUT2D eigenvalue weighted by Crippen LogP contribution is 2.56. The third-order valence-electron chi connectivity index (χ3n) is 7.11. The first kappa shape index (κ1) is 22.8. The van der Waals surface area contributed by atoms with Crippen molar-refractivity contribution in [3.05, 3.63) is 70.8 Å². The summed E-state index contributed by atoms with van der Waals surface area (Å²) in [6.45, 7) is 1.81. The number of methoxy groups -OCH3 is 1. The van der Waals surface area contributed by atoms with Gasteiger partial charge in [-0.1, -0.05) is 24.3 Å². The van der Waals surface area contributed by atoms with E-state index in [1.54, 1.807) is 7.11 Å². The SMILES string of the molecule is COc1ccc2c3c1OC1C[C@@H](COC(=O)c4cccc(C(F)(F)F)c4)C=C[C@@]31CCN(C)C2. The van der Waals surface area contributed by atoms with Gasteiger partial charge < -0.3 is 19.1 Å². The van der Waals surface area contributed by atoms with Gasteiger partial charge in [0.25, 0.3) is 0 Å². The predicted octanol–water partition coefficient (Wildman–Crippen LogP) is 4.98. The van der Waals surface area contributed by atoms with E-state index in [2.05, 4.69) is 30.2 Å². The fourth-order valence-electron chi connectivity index (χ4n) is 5.37. The second-order valence-electron chi connectivity index (χ2n) is 9.30. The minimum Gasteiger partial charge on any atom is -0.493 e. The van der Waals surface area contributed by atoms with Gasteiger partial charge in [0, 0.05) is 18.0 Å². The average molecular weight is 473 g/mol. The molecule has 2 aromatic carbocycles. The number of carbonyl (C=O) groups is 1. The Morgan fingerprint density at radius 1 is 1.26 bits per heavy atom. The standard InChI is InChI=1S/C26H26F3NO4/c1-30-11-10-25-9-8-16(15-33-24(31)17-4-3-5-19(13-17)26(27,28)29)12-21(25)34-23-20(32-2)7-6-18(14-30)22(23)25/h3-9,13,16,21H,10-12,14-15H2,1-2H3/t16-,21?,25-/m0/s1. The molecular weight excluding hydrogens is 447 g/mol. The number of carbonyl (C=O) groups excluding carboxylic acids is 1. The van der Waals surface area contributed by atoms with Gasteiger partial charge in [0.1, 0.15) is 6.10 Å². The van der Waals surface area contributed by atoms with E-state index >= 15 is 0 Å². The molecule has 1 aliphatic carbocycles. The molecule has 0 saturated heterocycles. The largest absolute Gasteiger partial charge is 0.493 e. The third-order valence-corrected chi connectivity index (χ3v) is 7.11. The van der Waals surface area contributed by atoms with E-state index < -0.39 is 17.7 Å². The summed E-state index contributed by atoms with van der Waals surface area (Å²) in [5.74, 6) is 0.620. The molecule has 0 N–H and O–H groups in total. The van der Waals surface area contributed by atoms with E-state index in [9.17, 15) is 18.0 Å². The molecule has 0 bridgehead atoms. The summed E-state index contributed by atoms with van der Waals surface area (Å²) in [5.41, 5.74) is 1.14. The molecule has 0 aromatic heterocycles. The van der Waals surface area contributed by atoms with Gasteiger partial charge in [-0.3, -0.25) is 0 Å². The first-order valence-electron chi connectivity index (χ1n) is 11.3. The highest BCUT2D eigenvalue weighted by Gasteiger charge is 2.52. The summed E-state index contributed by atoms with van der Waals surface area (Å²) in [6, 6.07) is 8.33. The van der Waals surface area contributed by atoms with E-state index in [4.69, 9.17) is 14.2 Å². The van der Waals surface area contributed by atoms with Gasteiger partial charge in [0.15, 0.2) is 11.5 Å². The van der Waals surface area contributed by atoms with Gasteiger partial charge in [0.2, 0.25) is 0 Å². The summed E-state index contributed by atoms with van der Waals surface area (Å²) in [5, 5.41) is 0. The summed E-state index contributed by atoms with van der Waals surface area (Å²) in [4.78, 5) is 14.7. The van der Waals surface area contributed by atoms with Crippen molar-refractivity contribution in [2.75, 3.05) is 27.3 Å². The minimum absolute atomic E-state index is 0.0712. The van der Waals surface area contributed by atoms with Crippen LogP contribution >= 0.6 is 0 Å². The van der Waals surface area contributed by atoms with Gasteiger partial charge >= 0.3 is 12.1 Å². The maximum Gasteiger partial charge on any atom is 0.416 e. The molecular formula is C26H26F3NO4. The monoisotopic (exact) mass is 473 g/mol. The molecule has 0 radical (unpaired) electrons. The van der Waals surface area contributed by atoms with Crippen LogP contribution in [0.2, 0.25) is 0 Å². The molecule has 2 aliphatic heterocycles. The number of halogens is 3. The highest BCUT2D eigenvalue weighted by atomic mass is 19.4. The Morgan fingerprint density at radius 3 is 2.85 bits per heavy atom. The van der Waals surface area contributed by atoms with Crippen LogP contribution in [-0.2, 0) is 22.9 Å². The van der Waals surface area contributed by atoms with E-state index in [0.717, 1.165) is 37.4 Å². The number of benzene rings is 2. The lowest BCUT2D eigenvalue weighted by Gasteiger charge is -2.37. The van der Waals surface area contributed by atoms with Crippen molar-refractivity contribution in [1.29, 1.82) is 0 Å². The Bertz CT molecular complexity index is 1150. The molecule has 180 valence electrons. The Morgan fingerprint density at radius 2 is 2.09 bits per heavy atom. The van der Waals surface area contributed by atoms with Crippen molar-refractivity contribution in [3.63, 3.8) is 0 Å². The quantitative estimate of drug-likeness (QED) is 0.463. The van der Waals surface area contributed by atoms with Gasteiger partial charge in [-0.15, -0.1) is 0 Å². The number of rotatable bonds is 4. The van der Waals surface area contributed by atoms with Crippen LogP contribution in [0.5, 0.6) is 11.5 Å². The summed E-state index contributed by atoms with van der Waals surface area (Å²) in [7, 11) is 3.73. The van der Waals surface area contributed by atoms with Crippen LogP contribution in [0, 0.1) is 5.92 Å². The number of hydrogen-bond donors (Lipinski definition) is 0. The van der Waals surface area contributed by atoms with Crippen LogP contribution in [0.3, 0.4) is 0 Å². The van der Waals surface area contributed by atoms with Crippen molar-refractivity contribution >= 4 is 5.97 Å². The lowest BCUT2D eigenvalue weighted by atomic mass is 9.67. The summed E-state index contributed by atoms with van der Waals surface area (Å²) in [6.07, 6.45) is 1.12. The number of ether oxygens (including phenoxy) is 3. The lowest BCUT2D eigenvalue weighted by molar-refractivity contribution is -0.137. The van der Waals surface area contributed by atoms with Crippen LogP contribution in [0.25, 0.3) is 0 Å². The second kappa shape index (κ2) is 8.34. The first-order chi connectivity index (χ1) is 16.2. The molecule has 5 nitrogen and oxygen atoms in total. The number of alkyl halides is 3. The first-order valence-corrected chi connectivity index (χ1v) is 11.3. The van der Waals surface area contributed by atoms with Crippen molar-refractivity contribution < 1.29 is 32.2 Å². The molecule has 5 rings (SSSR count). The van der Waals surface area contributed by atoms with Crippen molar-refractivity contribution in [2.24, 2.45) is 5.92 Å². The van der Waals surface area contributed by atoms with Gasteiger partial charge in [-0.2, -0.15) is 13.2 Å². The van der Waals surface area contributed by atoms with E-state index in [1.807, 2.05) is 6.07 Å². The highest BCUT2D eigenvalue weighted by molar-refractivity contribution is 5.89. The maximum atomic E-state index is 13.0. The normalized spacial score (nSPS) is 25.7. The average Bonchev–Trinajstić information content (AvgIpc) is 3.08. The van der Waals surface area contributed by atoms with Crippen LogP contribution in [-0.4, -0.2) is 44.3 Å². The Labute approximate surface area is 196 Å². The van der Waals surface area contributed by atoms with Crippen LogP contribution < -0.4 is 9.47 Å². The fourth-order valence-corrected chi connectivity index (χ4v) is 5.37. The van der Waals surface area contributed by atoms with Crippen LogP contribution in [0.4, 0.5) is 13.2 Å². The van der Waals surface area contributed by atoms with E-state index in [0.29, 0.717) is 12.2 Å². The fraction of sp³-hybridized carbons (Fsp3) is 0.423. The summed E-state index contributed by atoms with van der Waals surface area (Å²) >= 11 is 0. The lowest BCUT2D eigenvalue weighted by Crippen LogP contribution is -2.42. The predicted molar refractivity (Wildman–Crippen MR) is 119 cm³/mol. The minimum atomic E-state index is -4.52. The van der Waals surface area contributed by atoms with Crippen LogP contribution in [0.15, 0.2) is 48.6 Å². The molecule has 0 amide bonds. The van der Waals surface area contributed by atoms with Crippen molar-refractivity contribution in [1.82, 2.24) is 4.90 Å². The van der Waals surface area contributed by atoms with E-state index in [-0.39, 0.29) is 29.6 Å². The molecule has 1 unspecified atom stereocenters. The van der Waals surface area contributed by atoms with Gasteiger partial charge in [-0.05, 0) is 56.3 Å². The number of hydrogen-bond acceptors (Lipinski definition) is 5. The van der Waals surface area contributed by atoms with Crippen LogP contribution in [0.1, 0.15) is 39.9 Å². The van der Waals surface area contributed by atoms with Gasteiger partial charge in [0.05, 0.1) is 30.3 Å². The Balaban J connectivity index is 1.35. The Hall–Kier alpha value is -3.00. The number of esters is 1. The zero-order valence-corrected chi connectivity index (χ0v) is 19.0. The zero-order chi connectivity index (χ0) is 24.1. The zero-order valence-electron chi connectivity index (χ0n) is 19.0. The van der Waals surface area contributed by atoms with Gasteiger partial charge in [-0.25, -0.2) is 4.79 Å². The molecule has 3 aliphatic rings. The third kappa shape index (κ3) is 3.83. The van der Waals surface area contributed by atoms with Crippen molar-refractivity contribution in [3.8, 4) is 11.5 Å². The molecule has 0 saturated carbocycles. The molecule has 3 atom stereocenters. The summed E-state index contributed by atoms with van der Waals surface area (Å²) < 4.78 is 56.3. The topological polar surface area (TPSA) is 48.0 Å². The maximum absolute atomic E-state index is 13.0.